The van der Waals surface area contributed by atoms with Crippen molar-refractivity contribution >= 4 is 22.1 Å². The number of hydrogen-bond acceptors (Lipinski definition) is 4. The maximum Gasteiger partial charge on any atom is 0.272 e. The SMILES string of the molecule is NNc1cc([N+](=O)[O-])cc2ccccc12. The third kappa shape index (κ3) is 1.60. The molecule has 0 unspecified atom stereocenters. The van der Waals surface area contributed by atoms with E-state index < -0.39 is 4.92 Å². The highest BCUT2D eigenvalue weighted by atomic mass is 16.6. The molecule has 0 spiro atoms. The largest absolute Gasteiger partial charge is 0.323 e. The Morgan fingerprint density at radius 2 is 2.00 bits per heavy atom. The summed E-state index contributed by atoms with van der Waals surface area (Å²) < 4.78 is 0. The molecule has 5 nitrogen and oxygen atoms in total. The van der Waals surface area contributed by atoms with Gasteiger partial charge in [-0.2, -0.15) is 0 Å². The zero-order chi connectivity index (χ0) is 10.8. The molecule has 15 heavy (non-hydrogen) atoms. The van der Waals surface area contributed by atoms with E-state index in [4.69, 9.17) is 5.84 Å². The van der Waals surface area contributed by atoms with E-state index in [-0.39, 0.29) is 5.69 Å². The summed E-state index contributed by atoms with van der Waals surface area (Å²) in [5.41, 5.74) is 3.05. The maximum atomic E-state index is 10.6. The molecule has 2 aromatic carbocycles. The third-order valence-electron chi connectivity index (χ3n) is 2.21. The van der Waals surface area contributed by atoms with E-state index in [2.05, 4.69) is 5.43 Å². The van der Waals surface area contributed by atoms with Crippen molar-refractivity contribution < 1.29 is 4.92 Å². The number of fused-ring (bicyclic) bond motifs is 1. The second-order valence-corrected chi connectivity index (χ2v) is 3.12. The minimum absolute atomic E-state index is 0.0293. The van der Waals surface area contributed by atoms with Crippen LogP contribution in [0.3, 0.4) is 0 Å². The highest BCUT2D eigenvalue weighted by Gasteiger charge is 2.09. The molecule has 5 heteroatoms. The van der Waals surface area contributed by atoms with Crippen LogP contribution in [-0.2, 0) is 0 Å². The predicted octanol–water partition coefficient (Wildman–Crippen LogP) is 2.03. The van der Waals surface area contributed by atoms with Gasteiger partial charge in [0.05, 0.1) is 10.6 Å². The van der Waals surface area contributed by atoms with Gasteiger partial charge in [0.25, 0.3) is 5.69 Å². The van der Waals surface area contributed by atoms with Crippen molar-refractivity contribution in [3.8, 4) is 0 Å². The smallest absolute Gasteiger partial charge is 0.272 e. The first-order chi connectivity index (χ1) is 7.22. The van der Waals surface area contributed by atoms with E-state index in [9.17, 15) is 10.1 Å². The first kappa shape index (κ1) is 9.42. The van der Waals surface area contributed by atoms with Gasteiger partial charge in [-0.1, -0.05) is 24.3 Å². The summed E-state index contributed by atoms with van der Waals surface area (Å²) in [5, 5.41) is 12.3. The number of nitrogens with two attached hydrogens (primary N) is 1. The minimum atomic E-state index is -0.437. The second-order valence-electron chi connectivity index (χ2n) is 3.12. The molecular formula is C10H9N3O2. The Kier molecular flexibility index (Phi) is 2.23. The number of nitrogens with zero attached hydrogens (tertiary/aromatic N) is 1. The first-order valence-corrected chi connectivity index (χ1v) is 4.36. The molecule has 0 aliphatic carbocycles. The standard InChI is InChI=1S/C10H9N3O2/c11-12-10-6-8(13(14)15)5-7-3-1-2-4-9(7)10/h1-6,12H,11H2. The molecule has 0 fully saturated rings. The summed E-state index contributed by atoms with van der Waals surface area (Å²) in [6, 6.07) is 10.3. The summed E-state index contributed by atoms with van der Waals surface area (Å²) in [7, 11) is 0. The summed E-state index contributed by atoms with van der Waals surface area (Å²) in [5.74, 6) is 5.31. The lowest BCUT2D eigenvalue weighted by Crippen LogP contribution is -2.07. The maximum absolute atomic E-state index is 10.6. The number of non-ortho nitro benzene ring substituents is 1. The molecule has 0 saturated carbocycles. The zero-order valence-corrected chi connectivity index (χ0v) is 7.81. The van der Waals surface area contributed by atoms with Crippen LogP contribution in [0.1, 0.15) is 0 Å². The molecule has 0 amide bonds. The molecule has 2 rings (SSSR count). The topological polar surface area (TPSA) is 81.2 Å². The first-order valence-electron chi connectivity index (χ1n) is 4.36. The number of hydrazine groups is 1. The van der Waals surface area contributed by atoms with E-state index in [1.807, 2.05) is 24.3 Å². The monoisotopic (exact) mass is 203 g/mol. The second kappa shape index (κ2) is 3.55. The number of nitro benzene ring substituents is 1. The average Bonchev–Trinajstić information content (AvgIpc) is 2.27. The molecule has 0 saturated heterocycles. The van der Waals surface area contributed by atoms with Crippen molar-refractivity contribution in [3.05, 3.63) is 46.5 Å². The third-order valence-corrected chi connectivity index (χ3v) is 2.21. The van der Waals surface area contributed by atoms with E-state index in [0.29, 0.717) is 5.69 Å². The Hall–Kier alpha value is -2.14. The van der Waals surface area contributed by atoms with Gasteiger partial charge in [0.15, 0.2) is 0 Å². The van der Waals surface area contributed by atoms with Gasteiger partial charge in [-0.25, -0.2) is 0 Å². The molecule has 2 aromatic rings. The van der Waals surface area contributed by atoms with Gasteiger partial charge in [-0.3, -0.25) is 16.0 Å². The summed E-state index contributed by atoms with van der Waals surface area (Å²) >= 11 is 0. The van der Waals surface area contributed by atoms with Gasteiger partial charge in [-0.15, -0.1) is 0 Å². The lowest BCUT2D eigenvalue weighted by atomic mass is 10.1. The van der Waals surface area contributed by atoms with E-state index in [1.54, 1.807) is 0 Å². The number of hydrogen-bond donors (Lipinski definition) is 2. The van der Waals surface area contributed by atoms with Crippen LogP contribution in [0.15, 0.2) is 36.4 Å². The fourth-order valence-corrected chi connectivity index (χ4v) is 1.52. The van der Waals surface area contributed by atoms with Crippen LogP contribution in [0.4, 0.5) is 11.4 Å². The fourth-order valence-electron chi connectivity index (χ4n) is 1.52. The van der Waals surface area contributed by atoms with E-state index in [0.717, 1.165) is 10.8 Å². The van der Waals surface area contributed by atoms with Crippen LogP contribution < -0.4 is 11.3 Å². The molecule has 0 aromatic heterocycles. The van der Waals surface area contributed by atoms with Crippen LogP contribution in [-0.4, -0.2) is 4.92 Å². The Labute approximate surface area is 85.6 Å². The van der Waals surface area contributed by atoms with Gasteiger partial charge >= 0.3 is 0 Å². The molecule has 76 valence electrons. The minimum Gasteiger partial charge on any atom is -0.323 e. The number of benzene rings is 2. The lowest BCUT2D eigenvalue weighted by Gasteiger charge is -2.05. The van der Waals surface area contributed by atoms with Crippen molar-refractivity contribution in [2.75, 3.05) is 5.43 Å². The quantitative estimate of drug-likeness (QED) is 0.444. The van der Waals surface area contributed by atoms with Crippen molar-refractivity contribution in [1.29, 1.82) is 0 Å². The van der Waals surface area contributed by atoms with Crippen molar-refractivity contribution in [2.24, 2.45) is 5.84 Å². The number of nitro groups is 1. The Bertz CT molecular complexity index is 525. The normalized spacial score (nSPS) is 10.2. The van der Waals surface area contributed by atoms with Crippen molar-refractivity contribution in [1.82, 2.24) is 0 Å². The molecule has 0 heterocycles. The number of nitrogens with one attached hydrogen (secondary N) is 1. The van der Waals surface area contributed by atoms with E-state index in [1.165, 1.54) is 12.1 Å². The summed E-state index contributed by atoms with van der Waals surface area (Å²) in [6.45, 7) is 0. The Morgan fingerprint density at radius 3 is 2.67 bits per heavy atom. The highest BCUT2D eigenvalue weighted by Crippen LogP contribution is 2.28. The fraction of sp³-hybridized carbons (Fsp3) is 0. The van der Waals surface area contributed by atoms with Gasteiger partial charge in [0, 0.05) is 17.5 Å². The molecular weight excluding hydrogens is 194 g/mol. The highest BCUT2D eigenvalue weighted by molar-refractivity contribution is 5.95. The molecule has 0 aliphatic rings. The zero-order valence-electron chi connectivity index (χ0n) is 7.81. The van der Waals surface area contributed by atoms with Crippen LogP contribution in [0.25, 0.3) is 10.8 Å². The van der Waals surface area contributed by atoms with E-state index >= 15 is 0 Å². The van der Waals surface area contributed by atoms with Crippen molar-refractivity contribution in [2.45, 2.75) is 0 Å². The van der Waals surface area contributed by atoms with Gasteiger partial charge < -0.3 is 5.43 Å². The van der Waals surface area contributed by atoms with Crippen LogP contribution >= 0.6 is 0 Å². The molecule has 0 bridgehead atoms. The average molecular weight is 203 g/mol. The number of rotatable bonds is 2. The van der Waals surface area contributed by atoms with Crippen LogP contribution in [0, 0.1) is 10.1 Å². The lowest BCUT2D eigenvalue weighted by molar-refractivity contribution is -0.384. The summed E-state index contributed by atoms with van der Waals surface area (Å²) in [4.78, 5) is 10.2. The predicted molar refractivity (Wildman–Crippen MR) is 58.4 cm³/mol. The van der Waals surface area contributed by atoms with Crippen LogP contribution in [0.5, 0.6) is 0 Å². The summed E-state index contributed by atoms with van der Waals surface area (Å²) in [6.07, 6.45) is 0. The molecule has 0 radical (unpaired) electrons. The number of anilines is 1. The Morgan fingerprint density at radius 1 is 1.27 bits per heavy atom. The van der Waals surface area contributed by atoms with Crippen molar-refractivity contribution in [3.63, 3.8) is 0 Å². The van der Waals surface area contributed by atoms with Gasteiger partial charge in [0.2, 0.25) is 0 Å². The van der Waals surface area contributed by atoms with Crippen LogP contribution in [0.2, 0.25) is 0 Å². The molecule has 3 N–H and O–H groups in total. The Balaban J connectivity index is 2.77. The molecule has 0 aliphatic heterocycles. The van der Waals surface area contributed by atoms with Gasteiger partial charge in [-0.05, 0) is 5.39 Å². The number of nitrogen functional groups attached to an aromatic ring is 1. The molecule has 0 atom stereocenters. The van der Waals surface area contributed by atoms with Gasteiger partial charge in [0.1, 0.15) is 0 Å².